The first-order chi connectivity index (χ1) is 10.1. The van der Waals surface area contributed by atoms with E-state index in [1.54, 1.807) is 38.3 Å². The Bertz CT molecular complexity index is 536. The van der Waals surface area contributed by atoms with Gasteiger partial charge in [0.25, 0.3) is 11.8 Å². The smallest absolute Gasteiger partial charge is 0.262 e. The van der Waals surface area contributed by atoms with Crippen LogP contribution >= 0.6 is 0 Å². The molecule has 1 unspecified atom stereocenters. The minimum Gasteiger partial charge on any atom is -0.385 e. The SMILES string of the molecule is COCCCNC(=O)C(C)N1C(=O)c2ccccc2C1=O. The van der Waals surface area contributed by atoms with Crippen LogP contribution in [-0.2, 0) is 9.53 Å². The normalized spacial score (nSPS) is 15.0. The molecule has 1 heterocycles. The first kappa shape index (κ1) is 15.2. The number of amides is 3. The molecule has 6 heteroatoms. The molecule has 0 aromatic heterocycles. The van der Waals surface area contributed by atoms with Crippen LogP contribution in [0.25, 0.3) is 0 Å². The molecule has 0 saturated heterocycles. The van der Waals surface area contributed by atoms with Gasteiger partial charge in [-0.2, -0.15) is 0 Å². The number of nitrogens with one attached hydrogen (secondary N) is 1. The number of fused-ring (bicyclic) bond motifs is 1. The molecule has 2 rings (SSSR count). The predicted octanol–water partition coefficient (Wildman–Crippen LogP) is 0.824. The van der Waals surface area contributed by atoms with E-state index < -0.39 is 17.9 Å². The van der Waals surface area contributed by atoms with E-state index >= 15 is 0 Å². The standard InChI is InChI=1S/C15H18N2O4/c1-10(13(18)16-8-5-9-21-2)17-14(19)11-6-3-4-7-12(11)15(17)20/h3-4,6-7,10H,5,8-9H2,1-2H3,(H,16,18). The molecule has 1 atom stereocenters. The minimum atomic E-state index is -0.833. The van der Waals surface area contributed by atoms with E-state index in [4.69, 9.17) is 4.74 Å². The molecule has 0 aliphatic carbocycles. The van der Waals surface area contributed by atoms with Crippen LogP contribution in [0.4, 0.5) is 0 Å². The van der Waals surface area contributed by atoms with Crippen LogP contribution in [0.2, 0.25) is 0 Å². The van der Waals surface area contributed by atoms with Crippen molar-refractivity contribution in [3.63, 3.8) is 0 Å². The number of ether oxygens (including phenoxy) is 1. The lowest BCUT2D eigenvalue weighted by Gasteiger charge is -2.21. The number of methoxy groups -OCH3 is 1. The molecule has 0 bridgehead atoms. The van der Waals surface area contributed by atoms with Gasteiger partial charge in [0.15, 0.2) is 0 Å². The fourth-order valence-corrected chi connectivity index (χ4v) is 2.25. The molecular formula is C15H18N2O4. The number of carbonyl (C=O) groups excluding carboxylic acids is 3. The number of carbonyl (C=O) groups is 3. The highest BCUT2D eigenvalue weighted by Crippen LogP contribution is 2.24. The summed E-state index contributed by atoms with van der Waals surface area (Å²) < 4.78 is 4.89. The highest BCUT2D eigenvalue weighted by atomic mass is 16.5. The summed E-state index contributed by atoms with van der Waals surface area (Å²) in [6.07, 6.45) is 0.678. The maximum atomic E-state index is 12.2. The van der Waals surface area contributed by atoms with Crippen molar-refractivity contribution in [3.05, 3.63) is 35.4 Å². The first-order valence-electron chi connectivity index (χ1n) is 6.81. The van der Waals surface area contributed by atoms with E-state index in [0.717, 1.165) is 4.90 Å². The van der Waals surface area contributed by atoms with Crippen LogP contribution in [0, 0.1) is 0 Å². The molecule has 3 amide bonds. The average Bonchev–Trinajstić information content (AvgIpc) is 2.75. The van der Waals surface area contributed by atoms with Crippen LogP contribution in [0.3, 0.4) is 0 Å². The van der Waals surface area contributed by atoms with Crippen LogP contribution in [-0.4, -0.2) is 48.9 Å². The van der Waals surface area contributed by atoms with Gasteiger partial charge in [0.1, 0.15) is 6.04 Å². The van der Waals surface area contributed by atoms with Crippen molar-refractivity contribution in [3.8, 4) is 0 Å². The molecule has 1 aliphatic rings. The quantitative estimate of drug-likeness (QED) is 0.622. The van der Waals surface area contributed by atoms with Crippen LogP contribution < -0.4 is 5.32 Å². The van der Waals surface area contributed by atoms with E-state index in [-0.39, 0.29) is 5.91 Å². The lowest BCUT2D eigenvalue weighted by atomic mass is 10.1. The van der Waals surface area contributed by atoms with Gasteiger partial charge in [-0.25, -0.2) is 0 Å². The summed E-state index contributed by atoms with van der Waals surface area (Å²) in [6, 6.07) is 5.75. The maximum Gasteiger partial charge on any atom is 0.262 e. The molecule has 1 aliphatic heterocycles. The fourth-order valence-electron chi connectivity index (χ4n) is 2.25. The Morgan fingerprint density at radius 3 is 2.33 bits per heavy atom. The zero-order chi connectivity index (χ0) is 15.4. The van der Waals surface area contributed by atoms with Crippen molar-refractivity contribution in [2.24, 2.45) is 0 Å². The molecule has 0 radical (unpaired) electrons. The molecule has 6 nitrogen and oxygen atoms in total. The van der Waals surface area contributed by atoms with Gasteiger partial charge in [-0.3, -0.25) is 19.3 Å². The van der Waals surface area contributed by atoms with E-state index in [9.17, 15) is 14.4 Å². The molecule has 1 N–H and O–H groups in total. The average molecular weight is 290 g/mol. The Kier molecular flexibility index (Phi) is 4.70. The Morgan fingerprint density at radius 2 is 1.81 bits per heavy atom. The lowest BCUT2D eigenvalue weighted by molar-refractivity contribution is -0.124. The van der Waals surface area contributed by atoms with Crippen molar-refractivity contribution >= 4 is 17.7 Å². The number of rotatable bonds is 6. The van der Waals surface area contributed by atoms with Crippen LogP contribution in [0.15, 0.2) is 24.3 Å². The molecule has 0 saturated carbocycles. The van der Waals surface area contributed by atoms with Crippen molar-refractivity contribution in [1.82, 2.24) is 10.2 Å². The Hall–Kier alpha value is -2.21. The predicted molar refractivity (Wildman–Crippen MR) is 75.9 cm³/mol. The van der Waals surface area contributed by atoms with Crippen molar-refractivity contribution in [1.29, 1.82) is 0 Å². The van der Waals surface area contributed by atoms with Crippen molar-refractivity contribution in [2.75, 3.05) is 20.3 Å². The number of hydrogen-bond donors (Lipinski definition) is 1. The largest absolute Gasteiger partial charge is 0.385 e. The van der Waals surface area contributed by atoms with E-state index in [0.29, 0.717) is 30.7 Å². The summed E-state index contributed by atoms with van der Waals surface area (Å²) in [7, 11) is 1.59. The molecule has 112 valence electrons. The van der Waals surface area contributed by atoms with Gasteiger partial charge in [0, 0.05) is 20.3 Å². The van der Waals surface area contributed by atoms with Gasteiger partial charge >= 0.3 is 0 Å². The fraction of sp³-hybridized carbons (Fsp3) is 0.400. The lowest BCUT2D eigenvalue weighted by Crippen LogP contribution is -2.48. The molecule has 1 aromatic carbocycles. The third kappa shape index (κ3) is 2.95. The Morgan fingerprint density at radius 1 is 1.24 bits per heavy atom. The Balaban J connectivity index is 2.04. The summed E-state index contributed by atoms with van der Waals surface area (Å²) >= 11 is 0. The second-order valence-electron chi connectivity index (χ2n) is 4.84. The van der Waals surface area contributed by atoms with E-state index in [2.05, 4.69) is 5.32 Å². The van der Waals surface area contributed by atoms with Gasteiger partial charge in [-0.05, 0) is 25.5 Å². The number of imide groups is 1. The topological polar surface area (TPSA) is 75.7 Å². The summed E-state index contributed by atoms with van der Waals surface area (Å²) in [5.74, 6) is -1.19. The molecular weight excluding hydrogens is 272 g/mol. The summed E-state index contributed by atoms with van der Waals surface area (Å²) in [5.41, 5.74) is 0.697. The minimum absolute atomic E-state index is 0.347. The van der Waals surface area contributed by atoms with Crippen LogP contribution in [0.5, 0.6) is 0 Å². The zero-order valence-corrected chi connectivity index (χ0v) is 12.1. The molecule has 0 fully saturated rings. The van der Waals surface area contributed by atoms with Crippen molar-refractivity contribution in [2.45, 2.75) is 19.4 Å². The van der Waals surface area contributed by atoms with Gasteiger partial charge in [0.05, 0.1) is 11.1 Å². The third-order valence-corrected chi connectivity index (χ3v) is 3.42. The maximum absolute atomic E-state index is 12.2. The molecule has 0 spiro atoms. The van der Waals surface area contributed by atoms with Gasteiger partial charge in [-0.15, -0.1) is 0 Å². The van der Waals surface area contributed by atoms with E-state index in [1.807, 2.05) is 0 Å². The summed E-state index contributed by atoms with van der Waals surface area (Å²) in [4.78, 5) is 37.5. The number of nitrogens with zero attached hydrogens (tertiary/aromatic N) is 1. The number of hydrogen-bond acceptors (Lipinski definition) is 4. The monoisotopic (exact) mass is 290 g/mol. The highest BCUT2D eigenvalue weighted by molar-refractivity contribution is 6.22. The number of benzene rings is 1. The third-order valence-electron chi connectivity index (χ3n) is 3.42. The Labute approximate surface area is 123 Å². The van der Waals surface area contributed by atoms with Gasteiger partial charge < -0.3 is 10.1 Å². The van der Waals surface area contributed by atoms with Gasteiger partial charge in [0.2, 0.25) is 5.91 Å². The van der Waals surface area contributed by atoms with Gasteiger partial charge in [-0.1, -0.05) is 12.1 Å². The summed E-state index contributed by atoms with van der Waals surface area (Å²) in [5, 5.41) is 2.70. The molecule has 1 aromatic rings. The first-order valence-corrected chi connectivity index (χ1v) is 6.81. The van der Waals surface area contributed by atoms with Crippen LogP contribution in [0.1, 0.15) is 34.1 Å². The summed E-state index contributed by atoms with van der Waals surface area (Å²) in [6.45, 7) is 2.54. The zero-order valence-electron chi connectivity index (χ0n) is 12.1. The van der Waals surface area contributed by atoms with Crippen molar-refractivity contribution < 1.29 is 19.1 Å². The second kappa shape index (κ2) is 6.49. The molecule has 21 heavy (non-hydrogen) atoms. The highest BCUT2D eigenvalue weighted by Gasteiger charge is 2.40. The second-order valence-corrected chi connectivity index (χ2v) is 4.84. The van der Waals surface area contributed by atoms with E-state index in [1.165, 1.54) is 0 Å².